The van der Waals surface area contributed by atoms with E-state index < -0.39 is 41.4 Å². The molecule has 0 aliphatic carbocycles. The second-order valence-corrected chi connectivity index (χ2v) is 6.18. The maximum atomic E-state index is 13.7. The normalized spacial score (nSPS) is 20.8. The summed E-state index contributed by atoms with van der Waals surface area (Å²) < 4.78 is 63.7. The molecular formula is C15H17BF4O2. The van der Waals surface area contributed by atoms with Gasteiger partial charge in [-0.05, 0) is 39.8 Å². The molecule has 0 amide bonds. The Hall–Kier alpha value is -1.34. The summed E-state index contributed by atoms with van der Waals surface area (Å²) in [5, 5.41) is 0. The topological polar surface area (TPSA) is 18.5 Å². The summed E-state index contributed by atoms with van der Waals surface area (Å²) in [6.45, 7) is 7.30. The average molecular weight is 316 g/mol. The Bertz CT molecular complexity index is 578. The quantitative estimate of drug-likeness (QED) is 0.591. The summed E-state index contributed by atoms with van der Waals surface area (Å²) in [4.78, 5) is 0. The lowest BCUT2D eigenvalue weighted by atomic mass is 9.88. The molecule has 1 aromatic carbocycles. The predicted octanol–water partition coefficient (Wildman–Crippen LogP) is 4.49. The molecule has 1 saturated heterocycles. The van der Waals surface area contributed by atoms with Gasteiger partial charge >= 0.3 is 13.3 Å². The van der Waals surface area contributed by atoms with E-state index in [9.17, 15) is 17.6 Å². The molecule has 0 unspecified atom stereocenters. The fourth-order valence-electron chi connectivity index (χ4n) is 2.10. The van der Waals surface area contributed by atoms with Crippen molar-refractivity contribution >= 4 is 13.2 Å². The molecule has 1 aromatic rings. The van der Waals surface area contributed by atoms with Crippen molar-refractivity contribution in [3.8, 4) is 0 Å². The number of hydrogen-bond donors (Lipinski definition) is 0. The number of alkyl halides is 3. The Kier molecular flexibility index (Phi) is 4.17. The second-order valence-electron chi connectivity index (χ2n) is 6.18. The smallest absolute Gasteiger partial charge is 0.400 e. The number of rotatable bonds is 2. The van der Waals surface area contributed by atoms with E-state index in [1.54, 1.807) is 0 Å². The summed E-state index contributed by atoms with van der Waals surface area (Å²) in [6.07, 6.45) is -3.57. The van der Waals surface area contributed by atoms with Crippen LogP contribution in [0.5, 0.6) is 0 Å². The van der Waals surface area contributed by atoms with E-state index in [0.717, 1.165) is 24.3 Å². The van der Waals surface area contributed by atoms with E-state index in [4.69, 9.17) is 9.31 Å². The Labute approximate surface area is 127 Å². The van der Waals surface area contributed by atoms with E-state index in [0.29, 0.717) is 0 Å². The molecule has 1 aliphatic heterocycles. The van der Waals surface area contributed by atoms with Gasteiger partial charge in [0.25, 0.3) is 0 Å². The molecule has 1 heterocycles. The van der Waals surface area contributed by atoms with E-state index in [2.05, 4.69) is 0 Å². The molecule has 0 N–H and O–H groups in total. The molecule has 0 saturated carbocycles. The molecule has 0 atom stereocenters. The number of benzene rings is 1. The van der Waals surface area contributed by atoms with Gasteiger partial charge in [-0.15, -0.1) is 0 Å². The Morgan fingerprint density at radius 3 is 2.09 bits per heavy atom. The monoisotopic (exact) mass is 316 g/mol. The Balaban J connectivity index is 2.29. The Morgan fingerprint density at radius 2 is 1.59 bits per heavy atom. The van der Waals surface area contributed by atoms with Crippen LogP contribution < -0.4 is 0 Å². The first-order valence-electron chi connectivity index (χ1n) is 6.83. The first-order chi connectivity index (χ1) is 9.94. The molecule has 7 heteroatoms. The van der Waals surface area contributed by atoms with Gasteiger partial charge in [-0.1, -0.05) is 18.1 Å². The van der Waals surface area contributed by atoms with Crippen LogP contribution in [0.2, 0.25) is 0 Å². The fourth-order valence-corrected chi connectivity index (χ4v) is 2.10. The molecule has 2 rings (SSSR count). The third-order valence-electron chi connectivity index (χ3n) is 4.05. The van der Waals surface area contributed by atoms with E-state index in [-0.39, 0.29) is 0 Å². The predicted molar refractivity (Wildman–Crippen MR) is 76.5 cm³/mol. The van der Waals surface area contributed by atoms with Gasteiger partial charge in [0, 0.05) is 5.56 Å². The van der Waals surface area contributed by atoms with Crippen molar-refractivity contribution in [2.75, 3.05) is 0 Å². The van der Waals surface area contributed by atoms with Gasteiger partial charge in [0.15, 0.2) is 0 Å². The standard InChI is InChI=1S/C15H17BF4O2/c1-13(2)14(3,4)22-16(21-13)9-8-10-11(15(18,19)20)6-5-7-12(10)17/h5-9H,1-4H3/b9-8+. The summed E-state index contributed by atoms with van der Waals surface area (Å²) >= 11 is 0. The molecule has 0 bridgehead atoms. The highest BCUT2D eigenvalue weighted by Gasteiger charge is 2.50. The van der Waals surface area contributed by atoms with Crippen molar-refractivity contribution in [3.05, 3.63) is 41.1 Å². The molecule has 0 radical (unpaired) electrons. The third kappa shape index (κ3) is 3.20. The van der Waals surface area contributed by atoms with Gasteiger partial charge in [-0.2, -0.15) is 13.2 Å². The largest absolute Gasteiger partial charge is 0.487 e. The van der Waals surface area contributed by atoms with Crippen LogP contribution in [-0.2, 0) is 15.5 Å². The summed E-state index contributed by atoms with van der Waals surface area (Å²) in [5.74, 6) is 0.354. The fraction of sp³-hybridized carbons (Fsp3) is 0.467. The number of halogens is 4. The van der Waals surface area contributed by atoms with Crippen LogP contribution in [0.25, 0.3) is 6.08 Å². The van der Waals surface area contributed by atoms with Crippen LogP contribution in [0.15, 0.2) is 24.2 Å². The minimum atomic E-state index is -4.63. The minimum absolute atomic E-state index is 0.523. The highest BCUT2D eigenvalue weighted by Crippen LogP contribution is 2.38. The third-order valence-corrected chi connectivity index (χ3v) is 4.05. The van der Waals surface area contributed by atoms with Crippen molar-refractivity contribution in [2.45, 2.75) is 45.1 Å². The van der Waals surface area contributed by atoms with Gasteiger partial charge in [-0.3, -0.25) is 0 Å². The summed E-state index contributed by atoms with van der Waals surface area (Å²) in [5.41, 5.74) is -2.77. The van der Waals surface area contributed by atoms with Gasteiger partial charge in [0.1, 0.15) is 5.82 Å². The van der Waals surface area contributed by atoms with Crippen LogP contribution in [-0.4, -0.2) is 18.3 Å². The highest BCUT2D eigenvalue weighted by atomic mass is 19.4. The molecule has 2 nitrogen and oxygen atoms in total. The van der Waals surface area contributed by atoms with Crippen molar-refractivity contribution in [3.63, 3.8) is 0 Å². The lowest BCUT2D eigenvalue weighted by Gasteiger charge is -2.32. The van der Waals surface area contributed by atoms with Crippen molar-refractivity contribution in [1.82, 2.24) is 0 Å². The van der Waals surface area contributed by atoms with Crippen molar-refractivity contribution < 1.29 is 26.9 Å². The van der Waals surface area contributed by atoms with Crippen LogP contribution >= 0.6 is 0 Å². The lowest BCUT2D eigenvalue weighted by Crippen LogP contribution is -2.41. The zero-order valence-electron chi connectivity index (χ0n) is 12.8. The van der Waals surface area contributed by atoms with Crippen LogP contribution in [0.4, 0.5) is 17.6 Å². The SMILES string of the molecule is CC1(C)OB(/C=C/c2c(F)cccc2C(F)(F)F)OC1(C)C. The van der Waals surface area contributed by atoms with Gasteiger partial charge in [-0.25, -0.2) is 4.39 Å². The first-order valence-corrected chi connectivity index (χ1v) is 6.83. The highest BCUT2D eigenvalue weighted by molar-refractivity contribution is 6.52. The molecule has 0 aromatic heterocycles. The average Bonchev–Trinajstić information content (AvgIpc) is 2.54. The van der Waals surface area contributed by atoms with Gasteiger partial charge in [0.2, 0.25) is 0 Å². The molecular weight excluding hydrogens is 299 g/mol. The molecule has 22 heavy (non-hydrogen) atoms. The lowest BCUT2D eigenvalue weighted by molar-refractivity contribution is -0.137. The molecule has 1 aliphatic rings. The maximum Gasteiger partial charge on any atom is 0.487 e. The van der Waals surface area contributed by atoms with E-state index in [1.807, 2.05) is 27.7 Å². The van der Waals surface area contributed by atoms with E-state index >= 15 is 0 Å². The minimum Gasteiger partial charge on any atom is -0.400 e. The molecule has 1 fully saturated rings. The first kappa shape index (κ1) is 17.0. The van der Waals surface area contributed by atoms with Crippen molar-refractivity contribution in [1.29, 1.82) is 0 Å². The molecule has 0 spiro atoms. The number of hydrogen-bond acceptors (Lipinski definition) is 2. The van der Waals surface area contributed by atoms with Crippen molar-refractivity contribution in [2.24, 2.45) is 0 Å². The maximum absolute atomic E-state index is 13.7. The summed E-state index contributed by atoms with van der Waals surface area (Å²) in [7, 11) is -0.828. The van der Waals surface area contributed by atoms with E-state index in [1.165, 1.54) is 5.98 Å². The van der Waals surface area contributed by atoms with Gasteiger partial charge < -0.3 is 9.31 Å². The van der Waals surface area contributed by atoms with Crippen LogP contribution in [0, 0.1) is 5.82 Å². The second kappa shape index (κ2) is 5.39. The zero-order chi connectivity index (χ0) is 16.8. The molecule has 120 valence electrons. The van der Waals surface area contributed by atoms with Crippen LogP contribution in [0.1, 0.15) is 38.8 Å². The summed E-state index contributed by atoms with van der Waals surface area (Å²) in [6, 6.07) is 2.86. The van der Waals surface area contributed by atoms with Crippen LogP contribution in [0.3, 0.4) is 0 Å². The Morgan fingerprint density at radius 1 is 1.05 bits per heavy atom. The zero-order valence-corrected chi connectivity index (χ0v) is 12.8. The van der Waals surface area contributed by atoms with Gasteiger partial charge in [0.05, 0.1) is 16.8 Å².